The molecule has 2 N–H and O–H groups in total. The lowest BCUT2D eigenvalue weighted by atomic mass is 10.1. The van der Waals surface area contributed by atoms with Gasteiger partial charge in [0.2, 0.25) is 0 Å². The molecule has 3 rings (SSSR count). The van der Waals surface area contributed by atoms with Crippen molar-refractivity contribution in [2.24, 2.45) is 0 Å². The first-order chi connectivity index (χ1) is 12.9. The van der Waals surface area contributed by atoms with Crippen LogP contribution < -0.4 is 10.6 Å². The monoisotopic (exact) mass is 390 g/mol. The van der Waals surface area contributed by atoms with Crippen LogP contribution in [-0.4, -0.2) is 11.8 Å². The Bertz CT molecular complexity index is 969. The third-order valence-electron chi connectivity index (χ3n) is 3.68. The lowest BCUT2D eigenvalue weighted by molar-refractivity contribution is -0.137. The fraction of sp³-hybridized carbons (Fsp3) is 0.0526. The summed E-state index contributed by atoms with van der Waals surface area (Å²) in [6.45, 7) is 0. The molecule has 138 valence electrons. The summed E-state index contributed by atoms with van der Waals surface area (Å²) in [5.74, 6) is -1.30. The maximum absolute atomic E-state index is 13.1. The first-order valence-corrected chi connectivity index (χ1v) is 8.70. The third-order valence-corrected chi connectivity index (χ3v) is 4.37. The first-order valence-electron chi connectivity index (χ1n) is 7.76. The molecule has 0 saturated heterocycles. The van der Waals surface area contributed by atoms with E-state index in [-0.39, 0.29) is 17.3 Å². The lowest BCUT2D eigenvalue weighted by Crippen LogP contribution is -2.20. The van der Waals surface area contributed by atoms with Gasteiger partial charge in [-0.1, -0.05) is 24.3 Å². The van der Waals surface area contributed by atoms with Gasteiger partial charge < -0.3 is 10.6 Å². The maximum Gasteiger partial charge on any atom is 0.417 e. The molecule has 0 atom stereocenters. The number of hydrogen-bond donors (Lipinski definition) is 2. The van der Waals surface area contributed by atoms with Crippen LogP contribution in [0.15, 0.2) is 65.4 Å². The molecule has 0 aliphatic rings. The van der Waals surface area contributed by atoms with Gasteiger partial charge in [0.1, 0.15) is 0 Å². The minimum Gasteiger partial charge on any atom is -0.320 e. The highest BCUT2D eigenvalue weighted by molar-refractivity contribution is 7.08. The lowest BCUT2D eigenvalue weighted by Gasteiger charge is -2.15. The number of hydrogen-bond acceptors (Lipinski definition) is 3. The van der Waals surface area contributed by atoms with Crippen molar-refractivity contribution in [1.29, 1.82) is 0 Å². The summed E-state index contributed by atoms with van der Waals surface area (Å²) >= 11 is 1.36. The van der Waals surface area contributed by atoms with Gasteiger partial charge in [0, 0.05) is 5.38 Å². The quantitative estimate of drug-likeness (QED) is 0.637. The molecule has 4 nitrogen and oxygen atoms in total. The zero-order chi connectivity index (χ0) is 19.4. The highest BCUT2D eigenvalue weighted by atomic mass is 32.1. The molecule has 3 aromatic rings. The summed E-state index contributed by atoms with van der Waals surface area (Å²) < 4.78 is 39.4. The van der Waals surface area contributed by atoms with E-state index < -0.39 is 23.2 Å². The number of amides is 2. The molecule has 2 amide bonds. The van der Waals surface area contributed by atoms with E-state index in [1.165, 1.54) is 29.5 Å². The first kappa shape index (κ1) is 18.7. The Balaban J connectivity index is 1.85. The van der Waals surface area contributed by atoms with E-state index in [0.717, 1.165) is 12.1 Å². The standard InChI is InChI=1S/C19H13F3N2O2S/c20-19(21,22)14-6-2-1-5-13(14)18(26)24-16-8-4-3-7-15(16)23-17(25)12-9-10-27-11-12/h1-11H,(H,23,25)(H,24,26). The van der Waals surface area contributed by atoms with Gasteiger partial charge in [-0.2, -0.15) is 24.5 Å². The van der Waals surface area contributed by atoms with Crippen molar-refractivity contribution in [3.8, 4) is 0 Å². The number of rotatable bonds is 4. The average molecular weight is 390 g/mol. The topological polar surface area (TPSA) is 58.2 Å². The van der Waals surface area contributed by atoms with Crippen LogP contribution >= 0.6 is 11.3 Å². The summed E-state index contributed by atoms with van der Waals surface area (Å²) in [5.41, 5.74) is -0.593. The normalized spacial score (nSPS) is 11.1. The third kappa shape index (κ3) is 4.35. The van der Waals surface area contributed by atoms with Crippen LogP contribution in [0.2, 0.25) is 0 Å². The van der Waals surface area contributed by atoms with Crippen molar-refractivity contribution in [3.63, 3.8) is 0 Å². The van der Waals surface area contributed by atoms with Gasteiger partial charge in [-0.3, -0.25) is 9.59 Å². The molecule has 0 unspecified atom stereocenters. The molecular formula is C19H13F3N2O2S. The average Bonchev–Trinajstić information content (AvgIpc) is 3.17. The summed E-state index contributed by atoms with van der Waals surface area (Å²) in [5, 5.41) is 8.49. The van der Waals surface area contributed by atoms with Crippen molar-refractivity contribution in [1.82, 2.24) is 0 Å². The molecule has 0 spiro atoms. The van der Waals surface area contributed by atoms with Crippen LogP contribution in [0.3, 0.4) is 0 Å². The molecular weight excluding hydrogens is 377 g/mol. The van der Waals surface area contributed by atoms with Crippen LogP contribution in [0.25, 0.3) is 0 Å². The number of anilines is 2. The zero-order valence-corrected chi connectivity index (χ0v) is 14.5. The van der Waals surface area contributed by atoms with E-state index in [0.29, 0.717) is 5.56 Å². The van der Waals surface area contributed by atoms with Crippen LogP contribution in [0.4, 0.5) is 24.5 Å². The Morgan fingerprint density at radius 2 is 1.41 bits per heavy atom. The molecule has 2 aromatic carbocycles. The second-order valence-corrected chi connectivity index (χ2v) is 6.29. The van der Waals surface area contributed by atoms with Crippen LogP contribution in [-0.2, 0) is 6.18 Å². The van der Waals surface area contributed by atoms with Crippen molar-refractivity contribution >= 4 is 34.5 Å². The van der Waals surface area contributed by atoms with Crippen molar-refractivity contribution in [2.45, 2.75) is 6.18 Å². The Morgan fingerprint density at radius 3 is 2.00 bits per heavy atom. The van der Waals surface area contributed by atoms with Crippen LogP contribution in [0, 0.1) is 0 Å². The van der Waals surface area contributed by atoms with E-state index in [1.54, 1.807) is 35.0 Å². The van der Waals surface area contributed by atoms with Crippen molar-refractivity contribution in [2.75, 3.05) is 10.6 Å². The molecule has 0 radical (unpaired) electrons. The zero-order valence-electron chi connectivity index (χ0n) is 13.7. The molecule has 27 heavy (non-hydrogen) atoms. The second kappa shape index (κ2) is 7.63. The summed E-state index contributed by atoms with van der Waals surface area (Å²) in [4.78, 5) is 24.6. The van der Waals surface area contributed by atoms with Gasteiger partial charge >= 0.3 is 6.18 Å². The SMILES string of the molecule is O=C(Nc1ccccc1NC(=O)c1ccccc1C(F)(F)F)c1ccsc1. The van der Waals surface area contributed by atoms with Gasteiger partial charge in [0.25, 0.3) is 11.8 Å². The smallest absolute Gasteiger partial charge is 0.320 e. The predicted octanol–water partition coefficient (Wildman–Crippen LogP) is 5.27. The number of para-hydroxylation sites is 2. The Labute approximate surface area is 156 Å². The number of thiophene rings is 1. The Kier molecular flexibility index (Phi) is 5.27. The summed E-state index contributed by atoms with van der Waals surface area (Å²) in [6, 6.07) is 12.5. The number of carbonyl (C=O) groups is 2. The van der Waals surface area contributed by atoms with Crippen LogP contribution in [0.5, 0.6) is 0 Å². The predicted molar refractivity (Wildman–Crippen MR) is 98.1 cm³/mol. The number of benzene rings is 2. The molecule has 0 fully saturated rings. The van der Waals surface area contributed by atoms with Gasteiger partial charge in [0.15, 0.2) is 0 Å². The van der Waals surface area contributed by atoms with Crippen LogP contribution in [0.1, 0.15) is 26.3 Å². The molecule has 1 aromatic heterocycles. The summed E-state index contributed by atoms with van der Waals surface area (Å²) in [6.07, 6.45) is -4.65. The van der Waals surface area contributed by atoms with Gasteiger partial charge in [-0.25, -0.2) is 0 Å². The van der Waals surface area contributed by atoms with E-state index in [4.69, 9.17) is 0 Å². The minimum absolute atomic E-state index is 0.197. The molecule has 0 aliphatic carbocycles. The second-order valence-electron chi connectivity index (χ2n) is 5.51. The van der Waals surface area contributed by atoms with Crippen molar-refractivity contribution in [3.05, 3.63) is 82.0 Å². The molecule has 0 saturated carbocycles. The molecule has 0 bridgehead atoms. The fourth-order valence-electron chi connectivity index (χ4n) is 2.41. The van der Waals surface area contributed by atoms with Gasteiger partial charge in [-0.15, -0.1) is 0 Å². The highest BCUT2D eigenvalue weighted by Crippen LogP contribution is 2.32. The Hall–Kier alpha value is -3.13. The van der Waals surface area contributed by atoms with Gasteiger partial charge in [0.05, 0.1) is 28.1 Å². The van der Waals surface area contributed by atoms with Gasteiger partial charge in [-0.05, 0) is 35.7 Å². The number of halogens is 3. The minimum atomic E-state index is -4.65. The largest absolute Gasteiger partial charge is 0.417 e. The fourth-order valence-corrected chi connectivity index (χ4v) is 3.04. The molecule has 1 heterocycles. The highest BCUT2D eigenvalue weighted by Gasteiger charge is 2.34. The number of alkyl halides is 3. The Morgan fingerprint density at radius 1 is 0.815 bits per heavy atom. The molecule has 0 aliphatic heterocycles. The van der Waals surface area contributed by atoms with E-state index in [2.05, 4.69) is 10.6 Å². The molecule has 8 heteroatoms. The number of nitrogens with one attached hydrogen (secondary N) is 2. The van der Waals surface area contributed by atoms with Crippen molar-refractivity contribution < 1.29 is 22.8 Å². The number of carbonyl (C=O) groups excluding carboxylic acids is 2. The van der Waals surface area contributed by atoms with E-state index in [1.807, 2.05) is 0 Å². The van der Waals surface area contributed by atoms with E-state index in [9.17, 15) is 22.8 Å². The van der Waals surface area contributed by atoms with E-state index >= 15 is 0 Å². The summed E-state index contributed by atoms with van der Waals surface area (Å²) in [7, 11) is 0. The maximum atomic E-state index is 13.1.